The SMILES string of the molecule is CC(C)CN1CCN(C(=O)[CH]C[C@H](C)C(N)=O)CC1. The molecule has 1 rings (SSSR count). The Kier molecular flexibility index (Phi) is 6.28. The standard InChI is InChI=1S/C14H26N3O2/c1-11(2)10-16-6-8-17(9-7-16)13(18)5-4-12(3)14(15)19/h5,11-12H,4,6-10H2,1-3H3,(H2,15,19)/t12-/m0/s1. The first-order valence-electron chi connectivity index (χ1n) is 7.04. The molecule has 1 saturated heterocycles. The van der Waals surface area contributed by atoms with E-state index >= 15 is 0 Å². The smallest absolute Gasteiger partial charge is 0.226 e. The minimum absolute atomic E-state index is 0.0253. The van der Waals surface area contributed by atoms with Crippen LogP contribution in [0.15, 0.2) is 0 Å². The van der Waals surface area contributed by atoms with E-state index in [1.807, 2.05) is 4.90 Å². The first-order chi connectivity index (χ1) is 8.90. The molecule has 0 spiro atoms. The van der Waals surface area contributed by atoms with Crippen molar-refractivity contribution >= 4 is 11.8 Å². The van der Waals surface area contributed by atoms with Gasteiger partial charge in [-0.15, -0.1) is 0 Å². The lowest BCUT2D eigenvalue weighted by Crippen LogP contribution is -2.49. The van der Waals surface area contributed by atoms with Gasteiger partial charge in [0.1, 0.15) is 0 Å². The molecule has 0 saturated carbocycles. The van der Waals surface area contributed by atoms with Crippen molar-refractivity contribution in [2.45, 2.75) is 27.2 Å². The van der Waals surface area contributed by atoms with E-state index < -0.39 is 0 Å². The van der Waals surface area contributed by atoms with Crippen LogP contribution >= 0.6 is 0 Å². The summed E-state index contributed by atoms with van der Waals surface area (Å²) in [5.74, 6) is 0.0551. The maximum absolute atomic E-state index is 12.0. The van der Waals surface area contributed by atoms with Gasteiger partial charge in [-0.2, -0.15) is 0 Å². The quantitative estimate of drug-likeness (QED) is 0.763. The Morgan fingerprint density at radius 3 is 2.21 bits per heavy atom. The molecule has 19 heavy (non-hydrogen) atoms. The zero-order chi connectivity index (χ0) is 14.4. The van der Waals surface area contributed by atoms with E-state index in [0.717, 1.165) is 32.7 Å². The average molecular weight is 268 g/mol. The minimum atomic E-state index is -0.356. The molecule has 0 unspecified atom stereocenters. The van der Waals surface area contributed by atoms with Gasteiger partial charge in [-0.3, -0.25) is 14.5 Å². The molecule has 0 bridgehead atoms. The molecule has 109 valence electrons. The molecule has 0 aromatic carbocycles. The number of primary amides is 1. The minimum Gasteiger partial charge on any atom is -0.369 e. The third kappa shape index (κ3) is 5.59. The predicted octanol–water partition coefficient (Wildman–Crippen LogP) is 0.502. The van der Waals surface area contributed by atoms with Crippen LogP contribution < -0.4 is 5.73 Å². The molecule has 0 aromatic rings. The summed E-state index contributed by atoms with van der Waals surface area (Å²) in [6, 6.07) is 0. The molecule has 1 radical (unpaired) electrons. The topological polar surface area (TPSA) is 66.6 Å². The zero-order valence-corrected chi connectivity index (χ0v) is 12.3. The largest absolute Gasteiger partial charge is 0.369 e. The molecular weight excluding hydrogens is 242 g/mol. The van der Waals surface area contributed by atoms with Gasteiger partial charge in [-0.05, 0) is 12.3 Å². The number of nitrogens with two attached hydrogens (primary N) is 1. The molecule has 5 nitrogen and oxygen atoms in total. The summed E-state index contributed by atoms with van der Waals surface area (Å²) >= 11 is 0. The fourth-order valence-corrected chi connectivity index (χ4v) is 2.19. The van der Waals surface area contributed by atoms with Crippen LogP contribution in [0, 0.1) is 18.3 Å². The third-order valence-corrected chi connectivity index (χ3v) is 3.44. The van der Waals surface area contributed by atoms with Gasteiger partial charge in [0, 0.05) is 38.6 Å². The molecule has 1 heterocycles. The van der Waals surface area contributed by atoms with Crippen molar-refractivity contribution in [2.75, 3.05) is 32.7 Å². The van der Waals surface area contributed by atoms with E-state index in [2.05, 4.69) is 18.7 Å². The van der Waals surface area contributed by atoms with Gasteiger partial charge < -0.3 is 10.6 Å². The van der Waals surface area contributed by atoms with Crippen LogP contribution in [-0.4, -0.2) is 54.3 Å². The predicted molar refractivity (Wildman–Crippen MR) is 75.1 cm³/mol. The highest BCUT2D eigenvalue weighted by molar-refractivity contribution is 5.86. The van der Waals surface area contributed by atoms with E-state index in [0.29, 0.717) is 12.3 Å². The Balaban J connectivity index is 2.27. The van der Waals surface area contributed by atoms with E-state index in [9.17, 15) is 9.59 Å². The molecule has 5 heteroatoms. The van der Waals surface area contributed by atoms with Crippen LogP contribution in [0.2, 0.25) is 0 Å². The van der Waals surface area contributed by atoms with E-state index in [1.165, 1.54) is 0 Å². The van der Waals surface area contributed by atoms with Crippen molar-refractivity contribution in [3.8, 4) is 0 Å². The van der Waals surface area contributed by atoms with Crippen LogP contribution in [0.1, 0.15) is 27.2 Å². The Morgan fingerprint density at radius 1 is 1.16 bits per heavy atom. The lowest BCUT2D eigenvalue weighted by molar-refractivity contribution is -0.129. The van der Waals surface area contributed by atoms with Crippen LogP contribution in [-0.2, 0) is 9.59 Å². The molecule has 1 atom stereocenters. The van der Waals surface area contributed by atoms with Crippen molar-refractivity contribution in [2.24, 2.45) is 17.6 Å². The second-order valence-corrected chi connectivity index (χ2v) is 5.76. The summed E-state index contributed by atoms with van der Waals surface area (Å²) in [7, 11) is 0. The molecule has 2 N–H and O–H groups in total. The first kappa shape index (κ1) is 16.0. The van der Waals surface area contributed by atoms with Gasteiger partial charge in [0.15, 0.2) is 0 Å². The van der Waals surface area contributed by atoms with Crippen LogP contribution in [0.25, 0.3) is 0 Å². The maximum atomic E-state index is 12.0. The molecule has 1 fully saturated rings. The van der Waals surface area contributed by atoms with Gasteiger partial charge in [-0.25, -0.2) is 0 Å². The summed E-state index contributed by atoms with van der Waals surface area (Å²) < 4.78 is 0. The number of carbonyl (C=O) groups is 2. The van der Waals surface area contributed by atoms with E-state index in [4.69, 9.17) is 5.73 Å². The Labute approximate surface area is 116 Å². The number of rotatable bonds is 6. The monoisotopic (exact) mass is 268 g/mol. The Hall–Kier alpha value is -1.10. The molecule has 1 aliphatic rings. The number of piperazine rings is 1. The molecule has 0 aliphatic carbocycles. The van der Waals surface area contributed by atoms with Gasteiger partial charge in [-0.1, -0.05) is 20.8 Å². The van der Waals surface area contributed by atoms with Crippen LogP contribution in [0.3, 0.4) is 0 Å². The molecule has 1 aliphatic heterocycles. The third-order valence-electron chi connectivity index (χ3n) is 3.44. The number of carbonyl (C=O) groups excluding carboxylic acids is 2. The summed E-state index contributed by atoms with van der Waals surface area (Å²) in [5.41, 5.74) is 5.17. The average Bonchev–Trinajstić information content (AvgIpc) is 2.35. The maximum Gasteiger partial charge on any atom is 0.226 e. The van der Waals surface area contributed by atoms with Gasteiger partial charge in [0.2, 0.25) is 11.8 Å². The zero-order valence-electron chi connectivity index (χ0n) is 12.3. The second-order valence-electron chi connectivity index (χ2n) is 5.76. The lowest BCUT2D eigenvalue weighted by atomic mass is 10.0. The summed E-state index contributed by atoms with van der Waals surface area (Å²) in [5, 5.41) is 0. The Bertz CT molecular complexity index is 310. The lowest BCUT2D eigenvalue weighted by Gasteiger charge is -2.35. The summed E-state index contributed by atoms with van der Waals surface area (Å²) in [6.45, 7) is 10.6. The van der Waals surface area contributed by atoms with Gasteiger partial charge >= 0.3 is 0 Å². The van der Waals surface area contributed by atoms with Crippen molar-refractivity contribution in [3.63, 3.8) is 0 Å². The van der Waals surface area contributed by atoms with Crippen molar-refractivity contribution in [1.29, 1.82) is 0 Å². The number of nitrogens with zero attached hydrogens (tertiary/aromatic N) is 2. The fraction of sp³-hybridized carbons (Fsp3) is 0.786. The first-order valence-corrected chi connectivity index (χ1v) is 7.04. The molecule has 0 aromatic heterocycles. The second kappa shape index (κ2) is 7.48. The highest BCUT2D eigenvalue weighted by atomic mass is 16.2. The number of amides is 2. The molecular formula is C14H26N3O2. The Morgan fingerprint density at radius 2 is 1.74 bits per heavy atom. The highest BCUT2D eigenvalue weighted by Crippen LogP contribution is 2.09. The van der Waals surface area contributed by atoms with Crippen LogP contribution in [0.4, 0.5) is 0 Å². The molecule has 2 amide bonds. The van der Waals surface area contributed by atoms with Crippen molar-refractivity contribution in [3.05, 3.63) is 6.42 Å². The van der Waals surface area contributed by atoms with Crippen LogP contribution in [0.5, 0.6) is 0 Å². The van der Waals surface area contributed by atoms with Gasteiger partial charge in [0.05, 0.1) is 6.42 Å². The number of hydrogen-bond acceptors (Lipinski definition) is 3. The summed E-state index contributed by atoms with van der Waals surface area (Å²) in [6.07, 6.45) is 2.02. The summed E-state index contributed by atoms with van der Waals surface area (Å²) in [4.78, 5) is 27.1. The number of hydrogen-bond donors (Lipinski definition) is 1. The highest BCUT2D eigenvalue weighted by Gasteiger charge is 2.22. The normalized spacial score (nSPS) is 18.6. The van der Waals surface area contributed by atoms with E-state index in [-0.39, 0.29) is 17.7 Å². The van der Waals surface area contributed by atoms with Gasteiger partial charge in [0.25, 0.3) is 0 Å². The fourth-order valence-electron chi connectivity index (χ4n) is 2.19. The van der Waals surface area contributed by atoms with E-state index in [1.54, 1.807) is 13.3 Å². The van der Waals surface area contributed by atoms with Crippen molar-refractivity contribution in [1.82, 2.24) is 9.80 Å². The van der Waals surface area contributed by atoms with Crippen molar-refractivity contribution < 1.29 is 9.59 Å².